The first-order valence-corrected chi connectivity index (χ1v) is 13.3. The van der Waals surface area contributed by atoms with E-state index in [1.807, 2.05) is 29.7 Å². The van der Waals surface area contributed by atoms with E-state index in [-0.39, 0.29) is 0 Å². The highest BCUT2D eigenvalue weighted by molar-refractivity contribution is 7.03. The third-order valence-corrected chi connectivity index (χ3v) is 7.16. The van der Waals surface area contributed by atoms with E-state index in [0.717, 1.165) is 64.3 Å². The van der Waals surface area contributed by atoms with Crippen molar-refractivity contribution in [3.63, 3.8) is 0 Å². The number of nitrogens with one attached hydrogen (secondary N) is 2. The predicted molar refractivity (Wildman–Crippen MR) is 152 cm³/mol. The summed E-state index contributed by atoms with van der Waals surface area (Å²) in [6.07, 6.45) is 4.64. The van der Waals surface area contributed by atoms with Crippen molar-refractivity contribution in [1.82, 2.24) is 25.2 Å². The molecule has 0 fully saturated rings. The molecule has 1 aliphatic heterocycles. The summed E-state index contributed by atoms with van der Waals surface area (Å²) < 4.78 is 3.93. The quantitative estimate of drug-likeness (QED) is 0.245. The topological polar surface area (TPSA) is 79.8 Å². The molecule has 0 bridgehead atoms. The molecular weight excluding hydrogens is 490 g/mol. The fourth-order valence-electron chi connectivity index (χ4n) is 4.63. The van der Waals surface area contributed by atoms with Crippen LogP contribution in [0.3, 0.4) is 0 Å². The summed E-state index contributed by atoms with van der Waals surface area (Å²) in [5, 5.41) is 12.7. The van der Waals surface area contributed by atoms with Crippen LogP contribution in [0, 0.1) is 0 Å². The molecule has 1 unspecified atom stereocenters. The van der Waals surface area contributed by atoms with Gasteiger partial charge in [-0.15, -0.1) is 5.10 Å². The summed E-state index contributed by atoms with van der Waals surface area (Å²) >= 11 is 1.36. The van der Waals surface area contributed by atoms with E-state index in [1.165, 1.54) is 22.7 Å². The highest BCUT2D eigenvalue weighted by Crippen LogP contribution is 2.35. The first-order valence-electron chi connectivity index (χ1n) is 12.4. The van der Waals surface area contributed by atoms with Crippen LogP contribution in [0.15, 0.2) is 96.5 Å². The van der Waals surface area contributed by atoms with Crippen LogP contribution < -0.4 is 10.6 Å². The zero-order valence-corrected chi connectivity index (χ0v) is 21.4. The van der Waals surface area contributed by atoms with Gasteiger partial charge in [-0.1, -0.05) is 83.4 Å². The number of hydrogen-bond acceptors (Lipinski definition) is 7. The fourth-order valence-corrected chi connectivity index (χ4v) is 5.10. The van der Waals surface area contributed by atoms with Crippen LogP contribution in [0.25, 0.3) is 39.7 Å². The molecule has 0 spiro atoms. The van der Waals surface area contributed by atoms with E-state index in [2.05, 4.69) is 87.0 Å². The molecule has 0 saturated heterocycles. The molecule has 3 aromatic carbocycles. The maximum Gasteiger partial charge on any atom is 0.146 e. The Morgan fingerprint density at radius 2 is 1.58 bits per heavy atom. The standard InChI is InChI=1S/C31H25N5OS/c37-19-29-27-16-26(23-4-2-1-3-5-23)31(34-28(27)14-15-33-29)25-12-8-22(9-13-25)18-32-17-21-6-10-24(11-7-21)30-20-38-36-35-30/h1-16,19-20,29,32-33H,17-18H2. The Bertz CT molecular complexity index is 1560. The van der Waals surface area contributed by atoms with Crippen molar-refractivity contribution >= 4 is 23.9 Å². The number of pyridine rings is 1. The second-order valence-electron chi connectivity index (χ2n) is 9.13. The predicted octanol–water partition coefficient (Wildman–Crippen LogP) is 6.04. The molecule has 0 amide bonds. The first kappa shape index (κ1) is 23.9. The molecule has 1 aliphatic rings. The number of hydrogen-bond donors (Lipinski definition) is 2. The Morgan fingerprint density at radius 1 is 0.868 bits per heavy atom. The van der Waals surface area contributed by atoms with Crippen LogP contribution in [-0.4, -0.2) is 20.9 Å². The molecule has 1 atom stereocenters. The molecule has 2 N–H and O–H groups in total. The smallest absolute Gasteiger partial charge is 0.146 e. The minimum Gasteiger partial charge on any atom is -0.378 e. The van der Waals surface area contributed by atoms with Crippen molar-refractivity contribution in [2.45, 2.75) is 19.1 Å². The molecular formula is C31H25N5OS. The third kappa shape index (κ3) is 5.02. The lowest BCUT2D eigenvalue weighted by Gasteiger charge is -2.21. The lowest BCUT2D eigenvalue weighted by molar-refractivity contribution is -0.109. The van der Waals surface area contributed by atoms with Gasteiger partial charge in [0.1, 0.15) is 18.0 Å². The van der Waals surface area contributed by atoms with Crippen molar-refractivity contribution < 1.29 is 4.79 Å². The van der Waals surface area contributed by atoms with Gasteiger partial charge in [0.25, 0.3) is 0 Å². The molecule has 0 radical (unpaired) electrons. The summed E-state index contributed by atoms with van der Waals surface area (Å²) in [5.74, 6) is 0. The molecule has 0 saturated carbocycles. The molecule has 186 valence electrons. The zero-order valence-electron chi connectivity index (χ0n) is 20.5. The normalized spacial score (nSPS) is 14.1. The minimum atomic E-state index is -0.395. The summed E-state index contributed by atoms with van der Waals surface area (Å²) in [7, 11) is 0. The molecule has 3 heterocycles. The van der Waals surface area contributed by atoms with Crippen LogP contribution in [-0.2, 0) is 17.9 Å². The van der Waals surface area contributed by atoms with Crippen molar-refractivity contribution in [3.8, 4) is 33.6 Å². The lowest BCUT2D eigenvalue weighted by Crippen LogP contribution is -2.21. The largest absolute Gasteiger partial charge is 0.378 e. The monoisotopic (exact) mass is 515 g/mol. The summed E-state index contributed by atoms with van der Waals surface area (Å²) in [6, 6.07) is 28.8. The van der Waals surface area contributed by atoms with E-state index in [0.29, 0.717) is 0 Å². The second kappa shape index (κ2) is 10.9. The Kier molecular flexibility index (Phi) is 6.85. The highest BCUT2D eigenvalue weighted by atomic mass is 32.1. The summed E-state index contributed by atoms with van der Waals surface area (Å²) in [6.45, 7) is 1.54. The van der Waals surface area contributed by atoms with Gasteiger partial charge in [-0.3, -0.25) is 0 Å². The first-order chi connectivity index (χ1) is 18.8. The Balaban J connectivity index is 1.20. The van der Waals surface area contributed by atoms with Gasteiger partial charge in [-0.25, -0.2) is 4.98 Å². The maximum atomic E-state index is 11.7. The Hall–Kier alpha value is -4.46. The van der Waals surface area contributed by atoms with E-state index in [9.17, 15) is 4.79 Å². The minimum absolute atomic E-state index is 0.395. The average molecular weight is 516 g/mol. The van der Waals surface area contributed by atoms with Gasteiger partial charge in [0, 0.05) is 40.7 Å². The summed E-state index contributed by atoms with van der Waals surface area (Å²) in [5.41, 5.74) is 10.1. The Morgan fingerprint density at radius 3 is 2.24 bits per heavy atom. The van der Waals surface area contributed by atoms with Crippen LogP contribution in [0.2, 0.25) is 0 Å². The number of nitrogens with zero attached hydrogens (tertiary/aromatic N) is 3. The SMILES string of the molecule is O=CC1NC=Cc2nc(-c3ccc(CNCc4ccc(-c5csnn5)cc4)cc3)c(-c3ccccc3)cc21. The molecule has 2 aromatic heterocycles. The van der Waals surface area contributed by atoms with Crippen molar-refractivity contribution in [2.75, 3.05) is 0 Å². The highest BCUT2D eigenvalue weighted by Gasteiger charge is 2.21. The Labute approximate surface area is 225 Å². The van der Waals surface area contributed by atoms with Gasteiger partial charge in [0.05, 0.1) is 11.4 Å². The van der Waals surface area contributed by atoms with E-state index in [1.54, 1.807) is 6.20 Å². The van der Waals surface area contributed by atoms with Gasteiger partial charge in [-0.2, -0.15) is 0 Å². The van der Waals surface area contributed by atoms with E-state index >= 15 is 0 Å². The van der Waals surface area contributed by atoms with Gasteiger partial charge in [0.15, 0.2) is 0 Å². The zero-order chi connectivity index (χ0) is 25.7. The number of aromatic nitrogens is 3. The molecule has 38 heavy (non-hydrogen) atoms. The third-order valence-electron chi connectivity index (χ3n) is 6.65. The fraction of sp³-hybridized carbons (Fsp3) is 0.0968. The van der Waals surface area contributed by atoms with Gasteiger partial charge in [0.2, 0.25) is 0 Å². The number of fused-ring (bicyclic) bond motifs is 1. The molecule has 7 heteroatoms. The van der Waals surface area contributed by atoms with Gasteiger partial charge in [-0.05, 0) is 46.6 Å². The second-order valence-corrected chi connectivity index (χ2v) is 9.74. The summed E-state index contributed by atoms with van der Waals surface area (Å²) in [4.78, 5) is 16.7. The van der Waals surface area contributed by atoms with Crippen molar-refractivity contribution in [2.24, 2.45) is 0 Å². The number of rotatable bonds is 8. The number of aldehydes is 1. The van der Waals surface area contributed by atoms with Crippen LogP contribution in [0.5, 0.6) is 0 Å². The van der Waals surface area contributed by atoms with Gasteiger partial charge < -0.3 is 15.4 Å². The molecule has 6 nitrogen and oxygen atoms in total. The lowest BCUT2D eigenvalue weighted by atomic mass is 9.93. The van der Waals surface area contributed by atoms with Crippen LogP contribution in [0.1, 0.15) is 28.4 Å². The van der Waals surface area contributed by atoms with Crippen LogP contribution in [0.4, 0.5) is 0 Å². The number of carbonyl (C=O) groups excluding carboxylic acids is 1. The molecule has 5 aromatic rings. The van der Waals surface area contributed by atoms with Gasteiger partial charge >= 0.3 is 0 Å². The average Bonchev–Trinajstić information content (AvgIpc) is 3.53. The van der Waals surface area contributed by atoms with E-state index in [4.69, 9.17) is 4.98 Å². The van der Waals surface area contributed by atoms with Crippen molar-refractivity contribution in [3.05, 3.63) is 119 Å². The molecule has 6 rings (SSSR count). The number of benzene rings is 3. The number of carbonyl (C=O) groups is 1. The maximum absolute atomic E-state index is 11.7. The van der Waals surface area contributed by atoms with Crippen LogP contribution >= 0.6 is 11.5 Å². The van der Waals surface area contributed by atoms with E-state index < -0.39 is 6.04 Å². The molecule has 0 aliphatic carbocycles. The van der Waals surface area contributed by atoms with Crippen molar-refractivity contribution in [1.29, 1.82) is 0 Å².